The Labute approximate surface area is 159 Å². The molecule has 1 fully saturated rings. The topological polar surface area (TPSA) is 95.4 Å². The minimum atomic E-state index is -0.962. The van der Waals surface area contributed by atoms with Gasteiger partial charge >= 0.3 is 5.97 Å². The molecule has 0 radical (unpaired) electrons. The van der Waals surface area contributed by atoms with Crippen LogP contribution in [0.2, 0.25) is 0 Å². The van der Waals surface area contributed by atoms with Gasteiger partial charge in [0, 0.05) is 30.4 Å². The van der Waals surface area contributed by atoms with Crippen molar-refractivity contribution in [2.75, 3.05) is 29.5 Å². The number of anilines is 1. The second-order valence-corrected chi connectivity index (χ2v) is 7.99. The fourth-order valence-electron chi connectivity index (χ4n) is 3.08. The first-order valence-corrected chi connectivity index (χ1v) is 10.2. The van der Waals surface area contributed by atoms with Gasteiger partial charge in [-0.2, -0.15) is 11.8 Å². The van der Waals surface area contributed by atoms with Crippen LogP contribution in [0.15, 0.2) is 6.07 Å². The SMILES string of the molecule is CCSCCC(NC(=O)C1CCN(c2nc(C)cc(C)n2)CC1)C(=O)O. The smallest absolute Gasteiger partial charge is 0.326 e. The van der Waals surface area contributed by atoms with Crippen molar-refractivity contribution in [3.63, 3.8) is 0 Å². The molecule has 8 heteroatoms. The summed E-state index contributed by atoms with van der Waals surface area (Å²) in [7, 11) is 0. The number of nitrogens with zero attached hydrogens (tertiary/aromatic N) is 3. The number of hydrogen-bond donors (Lipinski definition) is 2. The van der Waals surface area contributed by atoms with E-state index in [4.69, 9.17) is 0 Å². The van der Waals surface area contributed by atoms with Crippen molar-refractivity contribution in [1.82, 2.24) is 15.3 Å². The summed E-state index contributed by atoms with van der Waals surface area (Å²) in [6.07, 6.45) is 1.81. The lowest BCUT2D eigenvalue weighted by Gasteiger charge is -2.32. The maximum absolute atomic E-state index is 12.5. The molecular weight excluding hydrogens is 352 g/mol. The van der Waals surface area contributed by atoms with Crippen molar-refractivity contribution in [2.24, 2.45) is 5.92 Å². The van der Waals surface area contributed by atoms with Crippen molar-refractivity contribution >= 4 is 29.6 Å². The highest BCUT2D eigenvalue weighted by Gasteiger charge is 2.29. The van der Waals surface area contributed by atoms with E-state index in [9.17, 15) is 14.7 Å². The number of thioether (sulfide) groups is 1. The van der Waals surface area contributed by atoms with Gasteiger partial charge in [0.15, 0.2) is 0 Å². The second kappa shape index (κ2) is 9.75. The molecule has 1 aromatic heterocycles. The van der Waals surface area contributed by atoms with E-state index in [-0.39, 0.29) is 11.8 Å². The van der Waals surface area contributed by atoms with Gasteiger partial charge in [-0.1, -0.05) is 6.92 Å². The predicted octanol–water partition coefficient (Wildman–Crippen LogP) is 2.02. The Kier molecular flexibility index (Phi) is 7.68. The second-order valence-electron chi connectivity index (χ2n) is 6.60. The minimum Gasteiger partial charge on any atom is -0.480 e. The maximum Gasteiger partial charge on any atom is 0.326 e. The summed E-state index contributed by atoms with van der Waals surface area (Å²) in [5, 5.41) is 12.0. The number of rotatable bonds is 8. The molecule has 7 nitrogen and oxygen atoms in total. The summed E-state index contributed by atoms with van der Waals surface area (Å²) in [6.45, 7) is 7.32. The third kappa shape index (κ3) is 5.86. The average Bonchev–Trinajstić information content (AvgIpc) is 2.60. The molecule has 1 amide bonds. The van der Waals surface area contributed by atoms with E-state index in [0.717, 1.165) is 22.9 Å². The summed E-state index contributed by atoms with van der Waals surface area (Å²) < 4.78 is 0. The van der Waals surface area contributed by atoms with E-state index >= 15 is 0 Å². The highest BCUT2D eigenvalue weighted by Crippen LogP contribution is 2.21. The highest BCUT2D eigenvalue weighted by molar-refractivity contribution is 7.99. The number of carbonyl (C=O) groups excluding carboxylic acids is 1. The van der Waals surface area contributed by atoms with Gasteiger partial charge in [0.05, 0.1) is 0 Å². The Morgan fingerprint density at radius 1 is 1.31 bits per heavy atom. The molecule has 1 unspecified atom stereocenters. The van der Waals surface area contributed by atoms with Gasteiger partial charge < -0.3 is 15.3 Å². The van der Waals surface area contributed by atoms with E-state index in [1.165, 1.54) is 0 Å². The third-order valence-electron chi connectivity index (χ3n) is 4.49. The predicted molar refractivity (Wildman–Crippen MR) is 104 cm³/mol. The number of aliphatic carboxylic acids is 1. The van der Waals surface area contributed by atoms with E-state index in [1.54, 1.807) is 11.8 Å². The Balaban J connectivity index is 1.87. The van der Waals surface area contributed by atoms with Crippen LogP contribution < -0.4 is 10.2 Å². The number of hydrogen-bond acceptors (Lipinski definition) is 6. The van der Waals surface area contributed by atoms with E-state index in [1.807, 2.05) is 26.8 Å². The summed E-state index contributed by atoms with van der Waals surface area (Å²) in [6, 6.07) is 1.13. The molecule has 0 bridgehead atoms. The number of carboxylic acids is 1. The van der Waals surface area contributed by atoms with Crippen LogP contribution >= 0.6 is 11.8 Å². The van der Waals surface area contributed by atoms with Crippen molar-refractivity contribution in [1.29, 1.82) is 0 Å². The van der Waals surface area contributed by atoms with Gasteiger partial charge in [-0.05, 0) is 50.7 Å². The number of amides is 1. The molecule has 2 N–H and O–H groups in total. The van der Waals surface area contributed by atoms with Crippen LogP contribution in [0.25, 0.3) is 0 Å². The molecule has 1 aliphatic rings. The number of carbonyl (C=O) groups is 2. The minimum absolute atomic E-state index is 0.153. The number of aromatic nitrogens is 2. The van der Waals surface area contributed by atoms with Crippen molar-refractivity contribution < 1.29 is 14.7 Å². The van der Waals surface area contributed by atoms with Crippen molar-refractivity contribution in [2.45, 2.75) is 46.1 Å². The van der Waals surface area contributed by atoms with Crippen LogP contribution in [0, 0.1) is 19.8 Å². The lowest BCUT2D eigenvalue weighted by molar-refractivity contribution is -0.142. The Bertz CT molecular complexity index is 613. The van der Waals surface area contributed by atoms with E-state index in [0.29, 0.717) is 38.3 Å². The first kappa shape index (κ1) is 20.5. The Morgan fingerprint density at radius 2 is 1.92 bits per heavy atom. The lowest BCUT2D eigenvalue weighted by Crippen LogP contribution is -2.47. The zero-order valence-corrected chi connectivity index (χ0v) is 16.5. The molecule has 0 spiro atoms. The molecule has 0 aliphatic carbocycles. The summed E-state index contributed by atoms with van der Waals surface area (Å²) in [5.41, 5.74) is 1.86. The van der Waals surface area contributed by atoms with Crippen LogP contribution in [-0.4, -0.2) is 57.6 Å². The Hall–Kier alpha value is -1.83. The van der Waals surface area contributed by atoms with Crippen LogP contribution in [0.3, 0.4) is 0 Å². The number of piperidine rings is 1. The van der Waals surface area contributed by atoms with E-state index in [2.05, 4.69) is 20.2 Å². The largest absolute Gasteiger partial charge is 0.480 e. The Morgan fingerprint density at radius 3 is 2.46 bits per heavy atom. The van der Waals surface area contributed by atoms with Gasteiger partial charge in [-0.25, -0.2) is 14.8 Å². The molecule has 2 rings (SSSR count). The molecule has 1 saturated heterocycles. The molecule has 1 aromatic rings. The van der Waals surface area contributed by atoms with Gasteiger partial charge in [-0.3, -0.25) is 4.79 Å². The number of nitrogens with one attached hydrogen (secondary N) is 1. The number of carboxylic acid groups (broad SMARTS) is 1. The highest BCUT2D eigenvalue weighted by atomic mass is 32.2. The number of aryl methyl sites for hydroxylation is 2. The first-order valence-electron chi connectivity index (χ1n) is 9.08. The molecule has 1 atom stereocenters. The standard InChI is InChI=1S/C18H28N4O3S/c1-4-26-10-7-15(17(24)25)21-16(23)14-5-8-22(9-6-14)18-19-12(2)11-13(3)20-18/h11,14-15H,4-10H2,1-3H3,(H,21,23)(H,24,25). The fraction of sp³-hybridized carbons (Fsp3) is 0.667. The van der Waals surface area contributed by atoms with Gasteiger partial charge in [0.25, 0.3) is 0 Å². The van der Waals surface area contributed by atoms with Crippen LogP contribution in [-0.2, 0) is 9.59 Å². The molecule has 0 saturated carbocycles. The normalized spacial score (nSPS) is 16.3. The van der Waals surface area contributed by atoms with Gasteiger partial charge in [-0.15, -0.1) is 0 Å². The molecular formula is C18H28N4O3S. The zero-order chi connectivity index (χ0) is 19.1. The quantitative estimate of drug-likeness (QED) is 0.666. The average molecular weight is 381 g/mol. The third-order valence-corrected chi connectivity index (χ3v) is 5.42. The molecule has 0 aromatic carbocycles. The molecule has 26 heavy (non-hydrogen) atoms. The van der Waals surface area contributed by atoms with Crippen LogP contribution in [0.4, 0.5) is 5.95 Å². The van der Waals surface area contributed by atoms with E-state index < -0.39 is 12.0 Å². The molecule has 2 heterocycles. The maximum atomic E-state index is 12.5. The van der Waals surface area contributed by atoms with Crippen molar-refractivity contribution in [3.8, 4) is 0 Å². The van der Waals surface area contributed by atoms with Crippen molar-refractivity contribution in [3.05, 3.63) is 17.5 Å². The van der Waals surface area contributed by atoms with Crippen LogP contribution in [0.1, 0.15) is 37.6 Å². The summed E-state index contributed by atoms with van der Waals surface area (Å²) in [5.74, 6) is 1.12. The summed E-state index contributed by atoms with van der Waals surface area (Å²) >= 11 is 1.68. The monoisotopic (exact) mass is 380 g/mol. The fourth-order valence-corrected chi connectivity index (χ4v) is 3.77. The van der Waals surface area contributed by atoms with Gasteiger partial charge in [0.1, 0.15) is 6.04 Å². The lowest BCUT2D eigenvalue weighted by atomic mass is 9.95. The molecule has 144 valence electrons. The first-order chi connectivity index (χ1) is 12.4. The van der Waals surface area contributed by atoms with Crippen LogP contribution in [0.5, 0.6) is 0 Å². The summed E-state index contributed by atoms with van der Waals surface area (Å²) in [4.78, 5) is 34.9. The molecule has 1 aliphatic heterocycles. The van der Waals surface area contributed by atoms with Gasteiger partial charge in [0.2, 0.25) is 11.9 Å². The zero-order valence-electron chi connectivity index (χ0n) is 15.7.